The van der Waals surface area contributed by atoms with Crippen LogP contribution >= 0.6 is 0 Å². The summed E-state index contributed by atoms with van der Waals surface area (Å²) in [6.45, 7) is 1.31. The zero-order valence-electron chi connectivity index (χ0n) is 13.4. The van der Waals surface area contributed by atoms with E-state index < -0.39 is 4.92 Å². The van der Waals surface area contributed by atoms with Crippen molar-refractivity contribution in [3.63, 3.8) is 0 Å². The number of likely N-dealkylation sites (tertiary alicyclic amines) is 1. The van der Waals surface area contributed by atoms with Gasteiger partial charge in [-0.15, -0.1) is 0 Å². The highest BCUT2D eigenvalue weighted by molar-refractivity contribution is 5.94. The number of hydrogen-bond acceptors (Lipinski definition) is 5. The van der Waals surface area contributed by atoms with Crippen molar-refractivity contribution in [3.05, 3.63) is 39.9 Å². The molecule has 130 valence electrons. The lowest BCUT2D eigenvalue weighted by molar-refractivity contribution is -0.384. The van der Waals surface area contributed by atoms with E-state index in [1.54, 1.807) is 4.90 Å². The van der Waals surface area contributed by atoms with E-state index in [9.17, 15) is 19.7 Å². The first-order valence-corrected chi connectivity index (χ1v) is 8.05. The SMILES string of the molecule is NCCC(=O)NCC1CCCCN1C(=O)c1ccc([N+](=O)[O-])cc1. The molecule has 1 aliphatic rings. The van der Waals surface area contributed by atoms with Gasteiger partial charge in [0.15, 0.2) is 0 Å². The number of nitrogens with one attached hydrogen (secondary N) is 1. The first-order valence-electron chi connectivity index (χ1n) is 8.05. The van der Waals surface area contributed by atoms with E-state index in [1.807, 2.05) is 0 Å². The van der Waals surface area contributed by atoms with Crippen LogP contribution in [0.25, 0.3) is 0 Å². The molecule has 1 saturated heterocycles. The molecule has 8 heteroatoms. The number of benzene rings is 1. The predicted molar refractivity (Wildman–Crippen MR) is 88.5 cm³/mol. The van der Waals surface area contributed by atoms with Crippen LogP contribution in [0.3, 0.4) is 0 Å². The lowest BCUT2D eigenvalue weighted by Crippen LogP contribution is -2.49. The van der Waals surface area contributed by atoms with Gasteiger partial charge in [0, 0.05) is 49.8 Å². The molecule has 24 heavy (non-hydrogen) atoms. The predicted octanol–water partition coefficient (Wildman–Crippen LogP) is 1.05. The Morgan fingerprint density at radius 1 is 1.29 bits per heavy atom. The number of hydrogen-bond donors (Lipinski definition) is 2. The topological polar surface area (TPSA) is 119 Å². The highest BCUT2D eigenvalue weighted by Gasteiger charge is 2.27. The Bertz CT molecular complexity index is 603. The van der Waals surface area contributed by atoms with E-state index in [0.29, 0.717) is 25.2 Å². The molecule has 0 aromatic heterocycles. The summed E-state index contributed by atoms with van der Waals surface area (Å²) in [7, 11) is 0. The van der Waals surface area contributed by atoms with Crippen LogP contribution in [0.1, 0.15) is 36.0 Å². The quantitative estimate of drug-likeness (QED) is 0.595. The van der Waals surface area contributed by atoms with Crippen LogP contribution in [0.4, 0.5) is 5.69 Å². The number of rotatable bonds is 6. The number of nitrogens with two attached hydrogens (primary N) is 1. The van der Waals surface area contributed by atoms with Crippen LogP contribution in [0, 0.1) is 10.1 Å². The molecule has 1 aromatic rings. The first-order chi connectivity index (χ1) is 11.5. The molecule has 2 amide bonds. The number of nitro groups is 1. The summed E-state index contributed by atoms with van der Waals surface area (Å²) >= 11 is 0. The van der Waals surface area contributed by atoms with Gasteiger partial charge in [-0.1, -0.05) is 0 Å². The van der Waals surface area contributed by atoms with E-state index in [4.69, 9.17) is 5.73 Å². The molecular weight excluding hydrogens is 312 g/mol. The van der Waals surface area contributed by atoms with Crippen LogP contribution in [-0.4, -0.2) is 47.3 Å². The van der Waals surface area contributed by atoms with Gasteiger partial charge in [0.1, 0.15) is 0 Å². The molecule has 0 radical (unpaired) electrons. The summed E-state index contributed by atoms with van der Waals surface area (Å²) in [5.41, 5.74) is 5.72. The summed E-state index contributed by atoms with van der Waals surface area (Å²) in [6.07, 6.45) is 3.00. The van der Waals surface area contributed by atoms with E-state index in [0.717, 1.165) is 19.3 Å². The molecule has 1 atom stereocenters. The molecule has 3 N–H and O–H groups in total. The second-order valence-corrected chi connectivity index (χ2v) is 5.79. The molecule has 1 aromatic carbocycles. The summed E-state index contributed by atoms with van der Waals surface area (Å²) in [6, 6.07) is 5.53. The number of non-ortho nitro benzene ring substituents is 1. The van der Waals surface area contributed by atoms with Gasteiger partial charge in [-0.3, -0.25) is 19.7 Å². The molecule has 0 aliphatic carbocycles. The maximum atomic E-state index is 12.7. The molecular formula is C16H22N4O4. The molecule has 1 aliphatic heterocycles. The fourth-order valence-corrected chi connectivity index (χ4v) is 2.82. The number of carbonyl (C=O) groups excluding carboxylic acids is 2. The highest BCUT2D eigenvalue weighted by Crippen LogP contribution is 2.20. The lowest BCUT2D eigenvalue weighted by atomic mass is 10.0. The third kappa shape index (κ3) is 4.51. The lowest BCUT2D eigenvalue weighted by Gasteiger charge is -2.36. The second kappa shape index (κ2) is 8.39. The fourth-order valence-electron chi connectivity index (χ4n) is 2.82. The van der Waals surface area contributed by atoms with Crippen molar-refractivity contribution in [2.75, 3.05) is 19.6 Å². The Morgan fingerprint density at radius 2 is 2.00 bits per heavy atom. The van der Waals surface area contributed by atoms with Crippen LogP contribution in [0.5, 0.6) is 0 Å². The van der Waals surface area contributed by atoms with E-state index in [-0.39, 0.29) is 30.0 Å². The van der Waals surface area contributed by atoms with Crippen molar-refractivity contribution in [3.8, 4) is 0 Å². The highest BCUT2D eigenvalue weighted by atomic mass is 16.6. The standard InChI is InChI=1S/C16H22N4O4/c17-9-8-15(21)18-11-14-3-1-2-10-19(14)16(22)12-4-6-13(7-5-12)20(23)24/h4-7,14H,1-3,8-11,17H2,(H,18,21). The van der Waals surface area contributed by atoms with E-state index in [2.05, 4.69) is 5.32 Å². The largest absolute Gasteiger partial charge is 0.354 e. The number of carbonyl (C=O) groups is 2. The molecule has 1 fully saturated rings. The number of nitro benzene ring substituents is 1. The maximum Gasteiger partial charge on any atom is 0.269 e. The summed E-state index contributed by atoms with van der Waals surface area (Å²) < 4.78 is 0. The Kier molecular flexibility index (Phi) is 6.25. The van der Waals surface area contributed by atoms with Crippen molar-refractivity contribution >= 4 is 17.5 Å². The van der Waals surface area contributed by atoms with Crippen molar-refractivity contribution in [1.29, 1.82) is 0 Å². The van der Waals surface area contributed by atoms with Crippen LogP contribution in [0.2, 0.25) is 0 Å². The minimum absolute atomic E-state index is 0.0456. The van der Waals surface area contributed by atoms with Gasteiger partial charge in [-0.2, -0.15) is 0 Å². The van der Waals surface area contributed by atoms with E-state index in [1.165, 1.54) is 24.3 Å². The Hall–Kier alpha value is -2.48. The fraction of sp³-hybridized carbons (Fsp3) is 0.500. The summed E-state index contributed by atoms with van der Waals surface area (Å²) in [5, 5.41) is 13.5. The summed E-state index contributed by atoms with van der Waals surface area (Å²) in [5.74, 6) is -0.284. The van der Waals surface area contributed by atoms with Gasteiger partial charge >= 0.3 is 0 Å². The van der Waals surface area contributed by atoms with Gasteiger partial charge in [0.25, 0.3) is 11.6 Å². The van der Waals surface area contributed by atoms with Crippen LogP contribution in [0.15, 0.2) is 24.3 Å². The molecule has 8 nitrogen and oxygen atoms in total. The summed E-state index contributed by atoms with van der Waals surface area (Å²) in [4.78, 5) is 36.2. The Morgan fingerprint density at radius 3 is 2.62 bits per heavy atom. The van der Waals surface area contributed by atoms with Crippen LogP contribution < -0.4 is 11.1 Å². The number of piperidine rings is 1. The molecule has 2 rings (SSSR count). The average Bonchev–Trinajstić information content (AvgIpc) is 2.60. The third-order valence-corrected chi connectivity index (χ3v) is 4.12. The maximum absolute atomic E-state index is 12.7. The molecule has 0 saturated carbocycles. The van der Waals surface area contributed by atoms with Crippen molar-refractivity contribution in [2.45, 2.75) is 31.7 Å². The first kappa shape index (κ1) is 17.9. The van der Waals surface area contributed by atoms with Crippen molar-refractivity contribution in [1.82, 2.24) is 10.2 Å². The molecule has 0 bridgehead atoms. The Labute approximate surface area is 140 Å². The molecule has 0 spiro atoms. The van der Waals surface area contributed by atoms with Gasteiger partial charge in [-0.05, 0) is 31.4 Å². The zero-order valence-corrected chi connectivity index (χ0v) is 13.4. The molecule has 1 unspecified atom stereocenters. The average molecular weight is 334 g/mol. The minimum Gasteiger partial charge on any atom is -0.354 e. The normalized spacial score (nSPS) is 17.4. The van der Waals surface area contributed by atoms with Crippen LogP contribution in [-0.2, 0) is 4.79 Å². The molecule has 1 heterocycles. The third-order valence-electron chi connectivity index (χ3n) is 4.12. The number of nitrogens with zero attached hydrogens (tertiary/aromatic N) is 2. The Balaban J connectivity index is 2.04. The zero-order chi connectivity index (χ0) is 17.5. The van der Waals surface area contributed by atoms with Gasteiger partial charge in [0.2, 0.25) is 5.91 Å². The monoisotopic (exact) mass is 334 g/mol. The van der Waals surface area contributed by atoms with Crippen molar-refractivity contribution in [2.24, 2.45) is 5.73 Å². The smallest absolute Gasteiger partial charge is 0.269 e. The van der Waals surface area contributed by atoms with Gasteiger partial charge in [0.05, 0.1) is 4.92 Å². The second-order valence-electron chi connectivity index (χ2n) is 5.79. The van der Waals surface area contributed by atoms with Gasteiger partial charge < -0.3 is 16.0 Å². The number of amides is 2. The minimum atomic E-state index is -0.495. The van der Waals surface area contributed by atoms with Crippen molar-refractivity contribution < 1.29 is 14.5 Å². The van der Waals surface area contributed by atoms with Gasteiger partial charge in [-0.25, -0.2) is 0 Å². The van der Waals surface area contributed by atoms with E-state index >= 15 is 0 Å².